The molecular formula is C26H54N2O. The van der Waals surface area contributed by atoms with E-state index in [1.54, 1.807) is 0 Å². The predicted octanol–water partition coefficient (Wildman–Crippen LogP) is 8.13. The summed E-state index contributed by atoms with van der Waals surface area (Å²) in [4.78, 5) is 12.1. The van der Waals surface area contributed by atoms with Gasteiger partial charge >= 0.3 is 0 Å². The highest BCUT2D eigenvalue weighted by Crippen LogP contribution is 2.15. The number of hydrogen-bond acceptors (Lipinski definition) is 2. The van der Waals surface area contributed by atoms with Crippen LogP contribution in [0.15, 0.2) is 0 Å². The van der Waals surface area contributed by atoms with Crippen molar-refractivity contribution in [3.05, 3.63) is 0 Å². The summed E-state index contributed by atoms with van der Waals surface area (Å²) in [6, 6.07) is 0. The van der Waals surface area contributed by atoms with Crippen LogP contribution in [0.1, 0.15) is 142 Å². The largest absolute Gasteiger partial charge is 0.276 e. The molecule has 0 saturated carbocycles. The Labute approximate surface area is 184 Å². The van der Waals surface area contributed by atoms with E-state index in [4.69, 9.17) is 0 Å². The monoisotopic (exact) mass is 410 g/mol. The fourth-order valence-corrected chi connectivity index (χ4v) is 4.17. The molecule has 0 unspecified atom stereocenters. The summed E-state index contributed by atoms with van der Waals surface area (Å²) in [7, 11) is 3.88. The fourth-order valence-electron chi connectivity index (χ4n) is 4.17. The van der Waals surface area contributed by atoms with Crippen LogP contribution in [0, 0.1) is 0 Å². The highest BCUT2D eigenvalue weighted by atomic mass is 16.2. The molecule has 0 aliphatic carbocycles. The number of nitrogens with zero attached hydrogens (tertiary/aromatic N) is 2. The van der Waals surface area contributed by atoms with Gasteiger partial charge < -0.3 is 0 Å². The first-order valence-corrected chi connectivity index (χ1v) is 13.1. The van der Waals surface area contributed by atoms with Gasteiger partial charge in [-0.15, -0.1) is 0 Å². The van der Waals surface area contributed by atoms with Gasteiger partial charge in [0, 0.05) is 27.1 Å². The number of carbonyl (C=O) groups is 1. The quantitative estimate of drug-likeness (QED) is 0.133. The first-order valence-electron chi connectivity index (χ1n) is 13.1. The summed E-state index contributed by atoms with van der Waals surface area (Å²) in [6.07, 6.45) is 27.1. The van der Waals surface area contributed by atoms with Crippen LogP contribution in [0.5, 0.6) is 0 Å². The van der Waals surface area contributed by atoms with Crippen molar-refractivity contribution >= 4 is 5.91 Å². The number of amides is 1. The molecule has 0 aromatic carbocycles. The molecule has 0 bridgehead atoms. The molecule has 0 radical (unpaired) electrons. The van der Waals surface area contributed by atoms with Gasteiger partial charge in [-0.3, -0.25) is 9.80 Å². The highest BCUT2D eigenvalue weighted by molar-refractivity contribution is 5.75. The zero-order chi connectivity index (χ0) is 21.6. The van der Waals surface area contributed by atoms with Crippen molar-refractivity contribution in [2.75, 3.05) is 20.6 Å². The van der Waals surface area contributed by atoms with Gasteiger partial charge in [0.05, 0.1) is 0 Å². The van der Waals surface area contributed by atoms with Gasteiger partial charge in [0.25, 0.3) is 0 Å². The zero-order valence-electron chi connectivity index (χ0n) is 20.7. The average molecular weight is 411 g/mol. The molecule has 0 aliphatic heterocycles. The van der Waals surface area contributed by atoms with Gasteiger partial charge in [-0.1, -0.05) is 122 Å². The van der Waals surface area contributed by atoms with E-state index in [2.05, 4.69) is 6.92 Å². The molecule has 0 aromatic rings. The lowest BCUT2D eigenvalue weighted by molar-refractivity contribution is -0.144. The van der Waals surface area contributed by atoms with E-state index in [0.29, 0.717) is 6.42 Å². The Bertz CT molecular complexity index is 344. The Morgan fingerprint density at radius 3 is 1.10 bits per heavy atom. The summed E-state index contributed by atoms with van der Waals surface area (Å²) < 4.78 is 0. The summed E-state index contributed by atoms with van der Waals surface area (Å²) in [6.45, 7) is 5.10. The van der Waals surface area contributed by atoms with Gasteiger partial charge in [0.15, 0.2) is 0 Å². The summed E-state index contributed by atoms with van der Waals surface area (Å²) >= 11 is 0. The van der Waals surface area contributed by atoms with E-state index < -0.39 is 0 Å². The number of unbranched alkanes of at least 4 members (excludes halogenated alkanes) is 18. The molecule has 0 rings (SSSR count). The first kappa shape index (κ1) is 28.4. The standard InChI is InChI=1S/C26H54N2O/c1-5-7-8-9-10-11-12-13-14-15-16-17-18-19-20-21-22-23-24-25-26(29)28(6-2)27(3)4/h5-25H2,1-4H3. The minimum Gasteiger partial charge on any atom is -0.276 e. The molecule has 0 saturated heterocycles. The Hall–Kier alpha value is -0.570. The highest BCUT2D eigenvalue weighted by Gasteiger charge is 2.12. The van der Waals surface area contributed by atoms with E-state index in [9.17, 15) is 4.79 Å². The Kier molecular flexibility index (Phi) is 21.7. The van der Waals surface area contributed by atoms with E-state index in [1.165, 1.54) is 116 Å². The van der Waals surface area contributed by atoms with Crippen molar-refractivity contribution in [1.82, 2.24) is 10.0 Å². The maximum Gasteiger partial charge on any atom is 0.236 e. The van der Waals surface area contributed by atoms with E-state index in [0.717, 1.165) is 13.0 Å². The van der Waals surface area contributed by atoms with Crippen molar-refractivity contribution in [3.8, 4) is 0 Å². The SMILES string of the molecule is CCCCCCCCCCCCCCCCCCCCCC(=O)N(CC)N(C)C. The summed E-state index contributed by atoms with van der Waals surface area (Å²) in [5, 5.41) is 3.73. The third-order valence-electron chi connectivity index (χ3n) is 6.06. The Balaban J connectivity index is 3.20. The van der Waals surface area contributed by atoms with Crippen molar-refractivity contribution in [2.45, 2.75) is 142 Å². The minimum atomic E-state index is 0.268. The third-order valence-corrected chi connectivity index (χ3v) is 6.06. The van der Waals surface area contributed by atoms with Crippen LogP contribution in [0.3, 0.4) is 0 Å². The van der Waals surface area contributed by atoms with Crippen molar-refractivity contribution in [3.63, 3.8) is 0 Å². The molecule has 1 amide bonds. The maximum absolute atomic E-state index is 12.1. The number of hydrazine groups is 1. The lowest BCUT2D eigenvalue weighted by Gasteiger charge is -2.27. The number of rotatable bonds is 22. The topological polar surface area (TPSA) is 23.6 Å². The third kappa shape index (κ3) is 19.2. The maximum atomic E-state index is 12.1. The molecule has 0 aromatic heterocycles. The molecule has 29 heavy (non-hydrogen) atoms. The van der Waals surface area contributed by atoms with Crippen molar-refractivity contribution in [1.29, 1.82) is 0 Å². The van der Waals surface area contributed by atoms with Gasteiger partial charge in [0.1, 0.15) is 0 Å². The molecule has 3 heteroatoms. The smallest absolute Gasteiger partial charge is 0.236 e. The van der Waals surface area contributed by atoms with Crippen LogP contribution in [0.2, 0.25) is 0 Å². The van der Waals surface area contributed by atoms with Crippen molar-refractivity contribution in [2.24, 2.45) is 0 Å². The van der Waals surface area contributed by atoms with Crippen LogP contribution in [0.25, 0.3) is 0 Å². The zero-order valence-corrected chi connectivity index (χ0v) is 20.7. The van der Waals surface area contributed by atoms with Crippen LogP contribution >= 0.6 is 0 Å². The van der Waals surface area contributed by atoms with E-state index in [-0.39, 0.29) is 5.91 Å². The van der Waals surface area contributed by atoms with Gasteiger partial charge in [-0.05, 0) is 13.3 Å². The first-order chi connectivity index (χ1) is 14.1. The minimum absolute atomic E-state index is 0.268. The molecular weight excluding hydrogens is 356 g/mol. The number of carbonyl (C=O) groups excluding carboxylic acids is 1. The predicted molar refractivity (Wildman–Crippen MR) is 129 cm³/mol. The second-order valence-corrected chi connectivity index (χ2v) is 9.07. The normalized spacial score (nSPS) is 11.3. The molecule has 174 valence electrons. The van der Waals surface area contributed by atoms with Gasteiger partial charge in [0.2, 0.25) is 5.91 Å². The van der Waals surface area contributed by atoms with Crippen LogP contribution in [0.4, 0.5) is 0 Å². The molecule has 0 heterocycles. The van der Waals surface area contributed by atoms with Crippen molar-refractivity contribution < 1.29 is 4.79 Å². The molecule has 0 atom stereocenters. The second kappa shape index (κ2) is 22.1. The van der Waals surface area contributed by atoms with E-state index >= 15 is 0 Å². The molecule has 0 spiro atoms. The molecule has 0 fully saturated rings. The van der Waals surface area contributed by atoms with Gasteiger partial charge in [-0.2, -0.15) is 0 Å². The number of hydrogen-bond donors (Lipinski definition) is 0. The lowest BCUT2D eigenvalue weighted by Crippen LogP contribution is -2.41. The Morgan fingerprint density at radius 1 is 0.517 bits per heavy atom. The summed E-state index contributed by atoms with van der Waals surface area (Å²) in [5.74, 6) is 0.268. The summed E-state index contributed by atoms with van der Waals surface area (Å²) in [5.41, 5.74) is 0. The fraction of sp³-hybridized carbons (Fsp3) is 0.962. The van der Waals surface area contributed by atoms with Crippen LogP contribution < -0.4 is 0 Å². The lowest BCUT2D eigenvalue weighted by atomic mass is 10.0. The Morgan fingerprint density at radius 2 is 0.828 bits per heavy atom. The van der Waals surface area contributed by atoms with Gasteiger partial charge in [-0.25, -0.2) is 5.01 Å². The molecule has 0 aliphatic rings. The van der Waals surface area contributed by atoms with Crippen LogP contribution in [-0.4, -0.2) is 36.6 Å². The molecule has 0 N–H and O–H groups in total. The molecule has 3 nitrogen and oxygen atoms in total. The van der Waals surface area contributed by atoms with E-state index in [1.807, 2.05) is 31.0 Å². The second-order valence-electron chi connectivity index (χ2n) is 9.07. The average Bonchev–Trinajstić information content (AvgIpc) is 2.70. The van der Waals surface area contributed by atoms with Crippen LogP contribution in [-0.2, 0) is 4.79 Å².